The highest BCUT2D eigenvalue weighted by Gasteiger charge is 2.37. The van der Waals surface area contributed by atoms with Crippen LogP contribution in [0.5, 0.6) is 0 Å². The van der Waals surface area contributed by atoms with Gasteiger partial charge in [0.25, 0.3) is 5.91 Å². The lowest BCUT2D eigenvalue weighted by atomic mass is 10.2. The Morgan fingerprint density at radius 2 is 1.78 bits per heavy atom. The van der Waals surface area contributed by atoms with Crippen molar-refractivity contribution in [2.24, 2.45) is 0 Å². The number of rotatable bonds is 5. The van der Waals surface area contributed by atoms with Gasteiger partial charge in [-0.3, -0.25) is 4.79 Å². The number of carbonyl (C=O) groups excluding carboxylic acids is 1. The van der Waals surface area contributed by atoms with E-state index in [0.29, 0.717) is 5.56 Å². The summed E-state index contributed by atoms with van der Waals surface area (Å²) in [4.78, 5) is 12.2. The number of amides is 1. The van der Waals surface area contributed by atoms with E-state index in [9.17, 15) is 26.0 Å². The molecular formula is C18H18FNO5S2. The van der Waals surface area contributed by atoms with Crippen LogP contribution >= 0.6 is 0 Å². The van der Waals surface area contributed by atoms with Gasteiger partial charge >= 0.3 is 0 Å². The summed E-state index contributed by atoms with van der Waals surface area (Å²) in [7, 11) is -7.09. The summed E-state index contributed by atoms with van der Waals surface area (Å²) in [6, 6.07) is 11.4. The lowest BCUT2D eigenvalue weighted by Gasteiger charge is -2.11. The van der Waals surface area contributed by atoms with Crippen molar-refractivity contribution < 1.29 is 26.0 Å². The largest absolute Gasteiger partial charge is 0.348 e. The quantitative estimate of drug-likeness (QED) is 0.808. The van der Waals surface area contributed by atoms with Gasteiger partial charge < -0.3 is 5.32 Å². The average Bonchev–Trinajstić information content (AvgIpc) is 3.01. The predicted octanol–water partition coefficient (Wildman–Crippen LogP) is 1.72. The van der Waals surface area contributed by atoms with Crippen molar-refractivity contribution in [2.75, 3.05) is 11.5 Å². The molecule has 2 aromatic carbocycles. The van der Waals surface area contributed by atoms with Crippen LogP contribution in [0.3, 0.4) is 0 Å². The van der Waals surface area contributed by atoms with Crippen molar-refractivity contribution in [1.82, 2.24) is 5.32 Å². The van der Waals surface area contributed by atoms with Gasteiger partial charge in [-0.2, -0.15) is 0 Å². The van der Waals surface area contributed by atoms with Gasteiger partial charge in [0.05, 0.1) is 21.7 Å². The molecule has 3 rings (SSSR count). The van der Waals surface area contributed by atoms with Gasteiger partial charge in [-0.05, 0) is 36.8 Å². The predicted molar refractivity (Wildman–Crippen MR) is 98.3 cm³/mol. The van der Waals surface area contributed by atoms with E-state index in [2.05, 4.69) is 5.32 Å². The third-order valence-corrected chi connectivity index (χ3v) is 8.66. The van der Waals surface area contributed by atoms with Gasteiger partial charge in [-0.15, -0.1) is 0 Å². The summed E-state index contributed by atoms with van der Waals surface area (Å²) >= 11 is 0. The number of hydrogen-bond acceptors (Lipinski definition) is 5. The Balaban J connectivity index is 1.69. The van der Waals surface area contributed by atoms with Gasteiger partial charge in [0.15, 0.2) is 19.7 Å². The molecule has 0 bridgehead atoms. The first-order chi connectivity index (χ1) is 12.7. The molecule has 9 heteroatoms. The van der Waals surface area contributed by atoms with Crippen molar-refractivity contribution in [1.29, 1.82) is 0 Å². The van der Waals surface area contributed by atoms with Crippen molar-refractivity contribution in [2.45, 2.75) is 23.1 Å². The lowest BCUT2D eigenvalue weighted by molar-refractivity contribution is 0.0950. The minimum absolute atomic E-state index is 0.00545. The highest BCUT2D eigenvalue weighted by molar-refractivity contribution is 7.96. The van der Waals surface area contributed by atoms with E-state index < -0.39 is 36.6 Å². The Kier molecular flexibility index (Phi) is 5.34. The summed E-state index contributed by atoms with van der Waals surface area (Å²) in [6.45, 7) is 0.00545. The highest BCUT2D eigenvalue weighted by atomic mass is 32.2. The van der Waals surface area contributed by atoms with Crippen LogP contribution in [0.4, 0.5) is 4.39 Å². The minimum atomic E-state index is -3.77. The van der Waals surface area contributed by atoms with Crippen molar-refractivity contribution in [3.63, 3.8) is 0 Å². The second-order valence-electron chi connectivity index (χ2n) is 6.37. The first-order valence-electron chi connectivity index (χ1n) is 8.25. The van der Waals surface area contributed by atoms with Gasteiger partial charge in [-0.25, -0.2) is 21.2 Å². The van der Waals surface area contributed by atoms with Crippen LogP contribution in [0, 0.1) is 5.82 Å². The van der Waals surface area contributed by atoms with Crippen LogP contribution in [0.1, 0.15) is 22.3 Å². The fourth-order valence-electron chi connectivity index (χ4n) is 2.91. The normalized spacial score (nSPS) is 18.9. The zero-order chi connectivity index (χ0) is 19.7. The molecule has 1 aliphatic rings. The summed E-state index contributed by atoms with van der Waals surface area (Å²) in [5.74, 6) is -1.40. The first-order valence-corrected chi connectivity index (χ1v) is 11.6. The number of benzene rings is 2. The summed E-state index contributed by atoms with van der Waals surface area (Å²) in [5.41, 5.74) is 0.567. The molecule has 0 unspecified atom stereocenters. The molecule has 1 saturated heterocycles. The number of nitrogens with one attached hydrogen (secondary N) is 1. The maximum atomic E-state index is 13.6. The second-order valence-corrected chi connectivity index (χ2v) is 10.8. The third kappa shape index (κ3) is 4.36. The van der Waals surface area contributed by atoms with Gasteiger partial charge in [-0.1, -0.05) is 18.2 Å². The van der Waals surface area contributed by atoms with E-state index in [1.54, 1.807) is 18.2 Å². The third-order valence-electron chi connectivity index (χ3n) is 4.47. The molecule has 0 aromatic heterocycles. The summed E-state index contributed by atoms with van der Waals surface area (Å²) in [6.07, 6.45) is 0.0789. The average molecular weight is 411 g/mol. The molecule has 1 fully saturated rings. The topological polar surface area (TPSA) is 97.4 Å². The maximum absolute atomic E-state index is 13.6. The van der Waals surface area contributed by atoms with E-state index in [1.807, 2.05) is 0 Å². The molecule has 1 N–H and O–H groups in total. The zero-order valence-corrected chi connectivity index (χ0v) is 15.9. The summed E-state index contributed by atoms with van der Waals surface area (Å²) in [5, 5.41) is 1.62. The molecule has 0 aliphatic carbocycles. The van der Waals surface area contributed by atoms with E-state index in [0.717, 1.165) is 0 Å². The Morgan fingerprint density at radius 1 is 1.11 bits per heavy atom. The standard InChI is InChI=1S/C18H18FNO5S2/c19-17-4-2-1-3-14(17)11-20-18(21)13-5-7-15(8-6-13)27(24,25)16-9-10-26(22,23)12-16/h1-8,16H,9-12H2,(H,20,21)/t16-/m1/s1. The fraction of sp³-hybridized carbons (Fsp3) is 0.278. The molecule has 144 valence electrons. The van der Waals surface area contributed by atoms with Gasteiger partial charge in [0.2, 0.25) is 0 Å². The molecular weight excluding hydrogens is 393 g/mol. The van der Waals surface area contributed by atoms with Crippen LogP contribution in [0.25, 0.3) is 0 Å². The SMILES string of the molecule is O=C(NCc1ccccc1F)c1ccc(S(=O)(=O)[C@@H]2CCS(=O)(=O)C2)cc1. The maximum Gasteiger partial charge on any atom is 0.251 e. The van der Waals surface area contributed by atoms with Crippen LogP contribution in [-0.4, -0.2) is 39.5 Å². The molecule has 0 saturated carbocycles. The van der Waals surface area contributed by atoms with E-state index in [4.69, 9.17) is 0 Å². The molecule has 27 heavy (non-hydrogen) atoms. The smallest absolute Gasteiger partial charge is 0.251 e. The van der Waals surface area contributed by atoms with Crippen molar-refractivity contribution in [3.8, 4) is 0 Å². The van der Waals surface area contributed by atoms with Crippen molar-refractivity contribution in [3.05, 3.63) is 65.5 Å². The minimum Gasteiger partial charge on any atom is -0.348 e. The van der Waals surface area contributed by atoms with E-state index >= 15 is 0 Å². The second kappa shape index (κ2) is 7.40. The highest BCUT2D eigenvalue weighted by Crippen LogP contribution is 2.25. The summed E-state index contributed by atoms with van der Waals surface area (Å²) < 4.78 is 61.7. The van der Waals surface area contributed by atoms with Crippen molar-refractivity contribution >= 4 is 25.6 Å². The molecule has 1 amide bonds. The van der Waals surface area contributed by atoms with Crippen LogP contribution in [0.2, 0.25) is 0 Å². The molecule has 0 spiro atoms. The van der Waals surface area contributed by atoms with Crippen LogP contribution in [-0.2, 0) is 26.2 Å². The molecule has 1 atom stereocenters. The fourth-order valence-corrected chi connectivity index (χ4v) is 7.27. The lowest BCUT2D eigenvalue weighted by Crippen LogP contribution is -2.24. The van der Waals surface area contributed by atoms with E-state index in [-0.39, 0.29) is 34.9 Å². The Hall–Kier alpha value is -2.26. The van der Waals surface area contributed by atoms with Crippen LogP contribution < -0.4 is 5.32 Å². The number of carbonyl (C=O) groups is 1. The molecule has 1 heterocycles. The van der Waals surface area contributed by atoms with E-state index in [1.165, 1.54) is 30.3 Å². The number of halogens is 1. The molecule has 2 aromatic rings. The van der Waals surface area contributed by atoms with Gasteiger partial charge in [0.1, 0.15) is 5.82 Å². The molecule has 6 nitrogen and oxygen atoms in total. The van der Waals surface area contributed by atoms with Crippen LogP contribution in [0.15, 0.2) is 53.4 Å². The number of sulfone groups is 2. The first kappa shape index (κ1) is 19.5. The molecule has 1 aliphatic heterocycles. The zero-order valence-electron chi connectivity index (χ0n) is 14.3. The molecule has 0 radical (unpaired) electrons. The Labute approximate surface area is 157 Å². The monoisotopic (exact) mass is 411 g/mol. The van der Waals surface area contributed by atoms with Gasteiger partial charge in [0, 0.05) is 17.7 Å². The number of hydrogen-bond donors (Lipinski definition) is 1. The Morgan fingerprint density at radius 3 is 2.37 bits per heavy atom. The Bertz CT molecular complexity index is 1060.